The number of rotatable bonds is 3. The summed E-state index contributed by atoms with van der Waals surface area (Å²) < 4.78 is 5.11. The van der Waals surface area contributed by atoms with Crippen LogP contribution in [-0.2, 0) is 0 Å². The van der Waals surface area contributed by atoms with E-state index in [2.05, 4.69) is 20.2 Å². The predicted molar refractivity (Wildman–Crippen MR) is 62.9 cm³/mol. The second-order valence-electron chi connectivity index (χ2n) is 3.99. The molecule has 1 unspecified atom stereocenters. The Morgan fingerprint density at radius 2 is 2.38 bits per heavy atom. The molecule has 16 heavy (non-hydrogen) atoms. The number of piperidine rings is 1. The molecule has 0 amide bonds. The normalized spacial score (nSPS) is 20.9. The van der Waals surface area contributed by atoms with Crippen molar-refractivity contribution in [2.45, 2.75) is 18.9 Å². The molecule has 88 valence electrons. The first-order valence-corrected chi connectivity index (χ1v) is 5.61. The molecule has 1 aliphatic rings. The first-order chi connectivity index (χ1) is 7.83. The van der Waals surface area contributed by atoms with Gasteiger partial charge in [0.1, 0.15) is 12.1 Å². The minimum Gasteiger partial charge on any atom is -0.481 e. The van der Waals surface area contributed by atoms with Gasteiger partial charge in [-0.05, 0) is 19.9 Å². The number of nitrogens with one attached hydrogen (secondary N) is 1. The maximum Gasteiger partial charge on any atom is 0.218 e. The summed E-state index contributed by atoms with van der Waals surface area (Å²) in [5.74, 6) is 1.57. The third-order valence-corrected chi connectivity index (χ3v) is 2.99. The molecule has 1 aromatic heterocycles. The molecule has 1 fully saturated rings. The summed E-state index contributed by atoms with van der Waals surface area (Å²) in [5, 5.41) is 3.32. The van der Waals surface area contributed by atoms with Crippen LogP contribution in [0.4, 0.5) is 5.82 Å². The molecule has 0 aromatic carbocycles. The second-order valence-corrected chi connectivity index (χ2v) is 3.99. The van der Waals surface area contributed by atoms with Gasteiger partial charge in [-0.15, -0.1) is 0 Å². The third kappa shape index (κ3) is 2.41. The van der Waals surface area contributed by atoms with Crippen LogP contribution in [0.3, 0.4) is 0 Å². The molecule has 2 rings (SSSR count). The van der Waals surface area contributed by atoms with Gasteiger partial charge in [-0.3, -0.25) is 0 Å². The number of likely N-dealkylation sites (N-methyl/N-ethyl adjacent to an activating group) is 1. The van der Waals surface area contributed by atoms with E-state index in [4.69, 9.17) is 4.74 Å². The lowest BCUT2D eigenvalue weighted by Crippen LogP contribution is -2.44. The Morgan fingerprint density at radius 1 is 1.50 bits per heavy atom. The van der Waals surface area contributed by atoms with E-state index in [0.29, 0.717) is 11.9 Å². The van der Waals surface area contributed by atoms with Gasteiger partial charge in [0.25, 0.3) is 0 Å². The lowest BCUT2D eigenvalue weighted by Gasteiger charge is -2.33. The summed E-state index contributed by atoms with van der Waals surface area (Å²) in [7, 11) is 3.63. The zero-order chi connectivity index (χ0) is 11.4. The highest BCUT2D eigenvalue weighted by Gasteiger charge is 2.19. The number of hydrogen-bond acceptors (Lipinski definition) is 5. The van der Waals surface area contributed by atoms with Crippen LogP contribution in [0.25, 0.3) is 0 Å². The molecular weight excluding hydrogens is 204 g/mol. The van der Waals surface area contributed by atoms with Gasteiger partial charge in [0.2, 0.25) is 5.88 Å². The number of hydrogen-bond donors (Lipinski definition) is 1. The van der Waals surface area contributed by atoms with E-state index in [1.165, 1.54) is 12.8 Å². The fourth-order valence-electron chi connectivity index (χ4n) is 2.04. The number of anilines is 1. The van der Waals surface area contributed by atoms with Crippen LogP contribution in [0.1, 0.15) is 12.8 Å². The third-order valence-electron chi connectivity index (χ3n) is 2.99. The molecule has 0 radical (unpaired) electrons. The number of aromatic nitrogens is 2. The predicted octanol–water partition coefficient (Wildman–Crippen LogP) is 0.673. The van der Waals surface area contributed by atoms with Gasteiger partial charge in [0.05, 0.1) is 7.11 Å². The second kappa shape index (κ2) is 5.12. The van der Waals surface area contributed by atoms with Crippen LogP contribution in [0.2, 0.25) is 0 Å². The van der Waals surface area contributed by atoms with Crippen LogP contribution in [0.5, 0.6) is 5.88 Å². The van der Waals surface area contributed by atoms with E-state index < -0.39 is 0 Å². The molecule has 5 heteroatoms. The highest BCUT2D eigenvalue weighted by atomic mass is 16.5. The van der Waals surface area contributed by atoms with Crippen molar-refractivity contribution in [1.82, 2.24) is 15.3 Å². The van der Waals surface area contributed by atoms with Gasteiger partial charge in [-0.1, -0.05) is 0 Å². The number of ether oxygens (including phenoxy) is 1. The van der Waals surface area contributed by atoms with Crippen LogP contribution in [0.15, 0.2) is 12.4 Å². The Kier molecular flexibility index (Phi) is 3.56. The molecular formula is C11H18N4O. The Hall–Kier alpha value is -1.36. The fourth-order valence-corrected chi connectivity index (χ4v) is 2.04. The average molecular weight is 222 g/mol. The zero-order valence-electron chi connectivity index (χ0n) is 9.81. The molecule has 1 aromatic rings. The highest BCUT2D eigenvalue weighted by molar-refractivity contribution is 5.41. The standard InChI is InChI=1S/C11H18N4O/c1-12-9-4-3-5-15(7-9)10-6-11(16-2)14-8-13-10/h6,8-9,12H,3-5,7H2,1-2H3. The highest BCUT2D eigenvalue weighted by Crippen LogP contribution is 2.19. The first-order valence-electron chi connectivity index (χ1n) is 5.61. The fraction of sp³-hybridized carbons (Fsp3) is 0.636. The molecule has 0 bridgehead atoms. The van der Waals surface area contributed by atoms with E-state index in [-0.39, 0.29) is 0 Å². The van der Waals surface area contributed by atoms with Crippen LogP contribution < -0.4 is 15.0 Å². The Balaban J connectivity index is 2.10. The quantitative estimate of drug-likeness (QED) is 0.814. The van der Waals surface area contributed by atoms with Gasteiger partial charge in [-0.2, -0.15) is 0 Å². The minimum absolute atomic E-state index is 0.551. The van der Waals surface area contributed by atoms with Gasteiger partial charge in [-0.25, -0.2) is 9.97 Å². The molecule has 1 atom stereocenters. The van der Waals surface area contributed by atoms with Crippen LogP contribution in [0, 0.1) is 0 Å². The molecule has 1 aliphatic heterocycles. The first kappa shape index (κ1) is 11.1. The summed E-state index contributed by atoms with van der Waals surface area (Å²) >= 11 is 0. The number of nitrogens with zero attached hydrogens (tertiary/aromatic N) is 3. The van der Waals surface area contributed by atoms with Gasteiger partial charge < -0.3 is 15.0 Å². The van der Waals surface area contributed by atoms with Gasteiger partial charge in [0, 0.05) is 25.2 Å². The Morgan fingerprint density at radius 3 is 3.12 bits per heavy atom. The van der Waals surface area contributed by atoms with E-state index in [9.17, 15) is 0 Å². The largest absolute Gasteiger partial charge is 0.481 e. The molecule has 1 saturated heterocycles. The Labute approximate surface area is 95.8 Å². The van der Waals surface area contributed by atoms with Crippen molar-refractivity contribution in [1.29, 1.82) is 0 Å². The molecule has 0 aliphatic carbocycles. The van der Waals surface area contributed by atoms with Crippen LogP contribution >= 0.6 is 0 Å². The summed E-state index contributed by atoms with van der Waals surface area (Å²) in [6, 6.07) is 2.44. The molecule has 0 spiro atoms. The monoisotopic (exact) mass is 222 g/mol. The SMILES string of the molecule is CNC1CCCN(c2cc(OC)ncn2)C1. The molecule has 1 N–H and O–H groups in total. The van der Waals surface area contributed by atoms with Crippen molar-refractivity contribution in [3.05, 3.63) is 12.4 Å². The van der Waals surface area contributed by atoms with E-state index in [1.807, 2.05) is 13.1 Å². The zero-order valence-corrected chi connectivity index (χ0v) is 9.81. The van der Waals surface area contributed by atoms with Crippen molar-refractivity contribution >= 4 is 5.82 Å². The lowest BCUT2D eigenvalue weighted by molar-refractivity contribution is 0.395. The smallest absolute Gasteiger partial charge is 0.218 e. The average Bonchev–Trinajstić information content (AvgIpc) is 2.39. The number of methoxy groups -OCH3 is 1. The van der Waals surface area contributed by atoms with Crippen molar-refractivity contribution < 1.29 is 4.74 Å². The van der Waals surface area contributed by atoms with Crippen LogP contribution in [-0.4, -0.2) is 43.3 Å². The van der Waals surface area contributed by atoms with E-state index in [0.717, 1.165) is 18.9 Å². The molecule has 2 heterocycles. The summed E-state index contributed by atoms with van der Waals surface area (Å²) in [6.07, 6.45) is 3.98. The molecule has 0 saturated carbocycles. The summed E-state index contributed by atoms with van der Waals surface area (Å²) in [5.41, 5.74) is 0. The maximum atomic E-state index is 5.11. The maximum absolute atomic E-state index is 5.11. The van der Waals surface area contributed by atoms with E-state index in [1.54, 1.807) is 13.4 Å². The Bertz CT molecular complexity index is 345. The van der Waals surface area contributed by atoms with Crippen molar-refractivity contribution in [2.75, 3.05) is 32.1 Å². The lowest BCUT2D eigenvalue weighted by atomic mass is 10.1. The summed E-state index contributed by atoms with van der Waals surface area (Å²) in [6.45, 7) is 2.05. The minimum atomic E-state index is 0.551. The van der Waals surface area contributed by atoms with Crippen molar-refractivity contribution in [3.63, 3.8) is 0 Å². The molecule has 5 nitrogen and oxygen atoms in total. The van der Waals surface area contributed by atoms with Gasteiger partial charge >= 0.3 is 0 Å². The van der Waals surface area contributed by atoms with Crippen molar-refractivity contribution in [3.8, 4) is 5.88 Å². The summed E-state index contributed by atoms with van der Waals surface area (Å²) in [4.78, 5) is 10.6. The van der Waals surface area contributed by atoms with Gasteiger partial charge in [0.15, 0.2) is 0 Å². The van der Waals surface area contributed by atoms with Crippen molar-refractivity contribution in [2.24, 2.45) is 0 Å². The van der Waals surface area contributed by atoms with E-state index >= 15 is 0 Å². The topological polar surface area (TPSA) is 50.3 Å².